The van der Waals surface area contributed by atoms with E-state index in [0.717, 1.165) is 32.1 Å². The predicted molar refractivity (Wildman–Crippen MR) is 130 cm³/mol. The number of amides is 2. The average Bonchev–Trinajstić information content (AvgIpc) is 3.14. The van der Waals surface area contributed by atoms with E-state index in [9.17, 15) is 14.7 Å². The molecule has 3 N–H and O–H groups in total. The Morgan fingerprint density at radius 1 is 1.29 bits per heavy atom. The second kappa shape index (κ2) is 9.36. The summed E-state index contributed by atoms with van der Waals surface area (Å²) in [6, 6.07) is 0.0874. The van der Waals surface area contributed by atoms with Crippen LogP contribution >= 0.6 is 0 Å². The lowest BCUT2D eigenvalue weighted by atomic mass is 9.52. The van der Waals surface area contributed by atoms with Gasteiger partial charge in [-0.2, -0.15) is 5.10 Å². The first kappa shape index (κ1) is 24.8. The van der Waals surface area contributed by atoms with Gasteiger partial charge in [0.25, 0.3) is 5.91 Å². The van der Waals surface area contributed by atoms with Gasteiger partial charge in [0.05, 0.1) is 23.9 Å². The van der Waals surface area contributed by atoms with Crippen molar-refractivity contribution in [3.8, 4) is 5.88 Å². The molecule has 5 rings (SSSR count). The number of hydrogen-bond donors (Lipinski definition) is 3. The van der Waals surface area contributed by atoms with Crippen LogP contribution in [0.2, 0.25) is 0 Å². The number of nitrogens with zero attached hydrogens (tertiary/aromatic N) is 2. The number of nitrogens with one attached hydrogen (secondary N) is 2. The summed E-state index contributed by atoms with van der Waals surface area (Å²) in [5, 5.41) is 21.5. The molecular weight excluding hydrogens is 432 g/mol. The summed E-state index contributed by atoms with van der Waals surface area (Å²) >= 11 is 0. The van der Waals surface area contributed by atoms with E-state index >= 15 is 0 Å². The first-order chi connectivity index (χ1) is 16.0. The Labute approximate surface area is 202 Å². The van der Waals surface area contributed by atoms with Gasteiger partial charge in [-0.15, -0.1) is 0 Å². The summed E-state index contributed by atoms with van der Waals surface area (Å²) in [7, 11) is 0. The third-order valence-electron chi connectivity index (χ3n) is 7.50. The SMILES string of the molecule is CCC(=O)NC(C)(C)C=Cn1ncc(C(=O)NC2C3CC4CC2CC(O)(C4)C3)c1OCC(C)C. The van der Waals surface area contributed by atoms with Gasteiger partial charge in [-0.3, -0.25) is 9.59 Å². The van der Waals surface area contributed by atoms with Crippen LogP contribution in [0.5, 0.6) is 5.88 Å². The Kier molecular flexibility index (Phi) is 6.82. The molecule has 4 saturated carbocycles. The summed E-state index contributed by atoms with van der Waals surface area (Å²) in [6.45, 7) is 10.2. The minimum Gasteiger partial charge on any atom is -0.477 e. The van der Waals surface area contributed by atoms with Crippen molar-refractivity contribution in [1.29, 1.82) is 0 Å². The normalized spacial score (nSPS) is 30.2. The molecule has 4 aliphatic carbocycles. The molecule has 34 heavy (non-hydrogen) atoms. The van der Waals surface area contributed by atoms with E-state index in [2.05, 4.69) is 29.6 Å². The van der Waals surface area contributed by atoms with E-state index in [1.165, 1.54) is 0 Å². The quantitative estimate of drug-likeness (QED) is 0.511. The minimum atomic E-state index is -0.572. The van der Waals surface area contributed by atoms with Crippen molar-refractivity contribution in [3.63, 3.8) is 0 Å². The van der Waals surface area contributed by atoms with Crippen molar-refractivity contribution in [2.75, 3.05) is 6.61 Å². The summed E-state index contributed by atoms with van der Waals surface area (Å²) in [5.74, 6) is 1.73. The molecule has 1 aromatic heterocycles. The zero-order chi connectivity index (χ0) is 24.7. The summed E-state index contributed by atoms with van der Waals surface area (Å²) in [4.78, 5) is 25.2. The highest BCUT2D eigenvalue weighted by atomic mass is 16.5. The topological polar surface area (TPSA) is 105 Å². The van der Waals surface area contributed by atoms with E-state index in [-0.39, 0.29) is 23.8 Å². The van der Waals surface area contributed by atoms with Gasteiger partial charge >= 0.3 is 0 Å². The highest BCUT2D eigenvalue weighted by Crippen LogP contribution is 2.55. The smallest absolute Gasteiger partial charge is 0.258 e. The number of ether oxygens (including phenoxy) is 1. The first-order valence-electron chi connectivity index (χ1n) is 12.7. The standard InChI is InChI=1S/C26H40N4O4/c1-6-21(31)29-25(4,5)7-8-30-24(34-15-16(2)3)20(14-27-30)23(32)28-22-18-9-17-10-19(22)13-26(33,11-17)12-18/h7-8,14,16-19,22,33H,6,9-13,15H2,1-5H3,(H,28,32)(H,29,31). The maximum Gasteiger partial charge on any atom is 0.258 e. The van der Waals surface area contributed by atoms with Crippen molar-refractivity contribution in [2.45, 2.75) is 90.3 Å². The molecule has 4 fully saturated rings. The monoisotopic (exact) mass is 472 g/mol. The molecule has 2 atom stereocenters. The van der Waals surface area contributed by atoms with E-state index in [0.29, 0.717) is 42.2 Å². The second-order valence-corrected chi connectivity index (χ2v) is 11.6. The highest BCUT2D eigenvalue weighted by Gasteiger charge is 2.55. The van der Waals surface area contributed by atoms with Crippen molar-refractivity contribution < 1.29 is 19.4 Å². The van der Waals surface area contributed by atoms with Crippen molar-refractivity contribution in [1.82, 2.24) is 20.4 Å². The number of rotatable bonds is 9. The Morgan fingerprint density at radius 2 is 1.97 bits per heavy atom. The maximum absolute atomic E-state index is 13.4. The van der Waals surface area contributed by atoms with Gasteiger partial charge in [0.15, 0.2) is 0 Å². The van der Waals surface area contributed by atoms with Crippen molar-refractivity contribution >= 4 is 18.0 Å². The lowest BCUT2D eigenvalue weighted by Crippen LogP contribution is -2.61. The number of aromatic nitrogens is 2. The van der Waals surface area contributed by atoms with Gasteiger partial charge in [0.2, 0.25) is 11.8 Å². The van der Waals surface area contributed by atoms with E-state index in [1.807, 2.05) is 26.8 Å². The van der Waals surface area contributed by atoms with Gasteiger partial charge in [0, 0.05) is 18.7 Å². The van der Waals surface area contributed by atoms with E-state index < -0.39 is 11.1 Å². The number of hydrogen-bond acceptors (Lipinski definition) is 5. The molecular formula is C26H40N4O4. The second-order valence-electron chi connectivity index (χ2n) is 11.6. The summed E-state index contributed by atoms with van der Waals surface area (Å²) < 4.78 is 7.61. The fourth-order valence-corrected chi connectivity index (χ4v) is 6.19. The molecule has 0 aromatic carbocycles. The zero-order valence-electron chi connectivity index (χ0n) is 21.1. The lowest BCUT2D eigenvalue weighted by molar-refractivity contribution is -0.137. The molecule has 0 radical (unpaired) electrons. The average molecular weight is 473 g/mol. The molecule has 0 saturated heterocycles. The van der Waals surface area contributed by atoms with Crippen LogP contribution in [0.1, 0.15) is 83.5 Å². The molecule has 4 aliphatic rings. The van der Waals surface area contributed by atoms with Gasteiger partial charge in [-0.1, -0.05) is 20.8 Å². The Hall–Kier alpha value is -2.35. The lowest BCUT2D eigenvalue weighted by Gasteiger charge is -2.58. The fourth-order valence-electron chi connectivity index (χ4n) is 6.19. The van der Waals surface area contributed by atoms with Crippen LogP contribution in [0.25, 0.3) is 6.20 Å². The van der Waals surface area contributed by atoms with Crippen LogP contribution in [-0.4, -0.2) is 50.5 Å². The number of aliphatic hydroxyl groups is 1. The maximum atomic E-state index is 13.4. The number of carbonyl (C=O) groups excluding carboxylic acids is 2. The molecule has 2 amide bonds. The van der Waals surface area contributed by atoms with Crippen LogP contribution in [-0.2, 0) is 4.79 Å². The molecule has 0 aliphatic heterocycles. The first-order valence-corrected chi connectivity index (χ1v) is 12.7. The molecule has 0 spiro atoms. The Bertz CT molecular complexity index is 935. The van der Waals surface area contributed by atoms with Crippen LogP contribution in [0.4, 0.5) is 0 Å². The van der Waals surface area contributed by atoms with E-state index in [4.69, 9.17) is 4.74 Å². The third-order valence-corrected chi connectivity index (χ3v) is 7.50. The summed E-state index contributed by atoms with van der Waals surface area (Å²) in [6.07, 6.45) is 10.2. The molecule has 8 heteroatoms. The third kappa shape index (κ3) is 5.32. The predicted octanol–water partition coefficient (Wildman–Crippen LogP) is 3.36. The minimum absolute atomic E-state index is 0.0354. The van der Waals surface area contributed by atoms with Crippen LogP contribution in [0.15, 0.2) is 12.3 Å². The molecule has 8 nitrogen and oxygen atoms in total. The van der Waals surface area contributed by atoms with Crippen LogP contribution < -0.4 is 15.4 Å². The molecule has 188 valence electrons. The zero-order valence-corrected chi connectivity index (χ0v) is 21.1. The van der Waals surface area contributed by atoms with Gasteiger partial charge in [-0.05, 0) is 75.7 Å². The molecule has 1 heterocycles. The molecule has 1 aromatic rings. The fraction of sp³-hybridized carbons (Fsp3) is 0.731. The van der Waals surface area contributed by atoms with Crippen molar-refractivity contribution in [3.05, 3.63) is 17.8 Å². The molecule has 4 bridgehead atoms. The number of carbonyl (C=O) groups is 2. The summed E-state index contributed by atoms with van der Waals surface area (Å²) in [5.41, 5.74) is -0.690. The van der Waals surface area contributed by atoms with Gasteiger partial charge in [0.1, 0.15) is 5.56 Å². The van der Waals surface area contributed by atoms with Gasteiger partial charge in [-0.25, -0.2) is 4.68 Å². The van der Waals surface area contributed by atoms with Gasteiger partial charge < -0.3 is 20.5 Å². The van der Waals surface area contributed by atoms with Crippen molar-refractivity contribution in [2.24, 2.45) is 23.7 Å². The van der Waals surface area contributed by atoms with Crippen LogP contribution in [0.3, 0.4) is 0 Å². The largest absolute Gasteiger partial charge is 0.477 e. The van der Waals surface area contributed by atoms with Crippen LogP contribution in [0, 0.1) is 23.7 Å². The Morgan fingerprint density at radius 3 is 2.56 bits per heavy atom. The highest BCUT2D eigenvalue weighted by molar-refractivity contribution is 5.96. The van der Waals surface area contributed by atoms with E-state index in [1.54, 1.807) is 17.1 Å². The molecule has 2 unspecified atom stereocenters. The Balaban J connectivity index is 1.52.